The second kappa shape index (κ2) is 4.89. The van der Waals surface area contributed by atoms with Crippen molar-refractivity contribution in [2.24, 2.45) is 17.8 Å². The van der Waals surface area contributed by atoms with Crippen LogP contribution in [0.3, 0.4) is 0 Å². The van der Waals surface area contributed by atoms with Crippen molar-refractivity contribution in [3.05, 3.63) is 48.0 Å². The van der Waals surface area contributed by atoms with E-state index >= 15 is 0 Å². The van der Waals surface area contributed by atoms with Crippen molar-refractivity contribution < 1.29 is 0 Å². The van der Waals surface area contributed by atoms with Gasteiger partial charge in [-0.3, -0.25) is 0 Å². The summed E-state index contributed by atoms with van der Waals surface area (Å²) in [6.45, 7) is 4.63. The van der Waals surface area contributed by atoms with Gasteiger partial charge in [-0.15, -0.1) is 0 Å². The molecule has 18 heavy (non-hydrogen) atoms. The molecule has 0 amide bonds. The van der Waals surface area contributed by atoms with E-state index in [1.165, 1.54) is 18.4 Å². The molecule has 4 unspecified atom stereocenters. The molecule has 2 aliphatic rings. The molecule has 1 nitrogen and oxygen atoms in total. The Bertz CT molecular complexity index is 422. The van der Waals surface area contributed by atoms with E-state index in [1.807, 2.05) is 0 Å². The van der Waals surface area contributed by atoms with Crippen molar-refractivity contribution >= 4 is 0 Å². The second-order valence-corrected chi connectivity index (χ2v) is 6.03. The van der Waals surface area contributed by atoms with Gasteiger partial charge in [0.25, 0.3) is 0 Å². The lowest BCUT2D eigenvalue weighted by Crippen LogP contribution is -2.37. The van der Waals surface area contributed by atoms with E-state index in [-0.39, 0.29) is 0 Å². The number of benzene rings is 1. The summed E-state index contributed by atoms with van der Waals surface area (Å²) in [4.78, 5) is 0. The fourth-order valence-corrected chi connectivity index (χ4v) is 3.75. The molecule has 1 heteroatoms. The highest BCUT2D eigenvalue weighted by Gasteiger charge is 2.38. The molecule has 96 valence electrons. The van der Waals surface area contributed by atoms with Gasteiger partial charge in [-0.25, -0.2) is 0 Å². The van der Waals surface area contributed by atoms with Crippen LogP contribution in [-0.2, 0) is 0 Å². The Labute approximate surface area is 110 Å². The molecule has 1 aromatic rings. The third kappa shape index (κ3) is 2.24. The fourth-order valence-electron chi connectivity index (χ4n) is 3.75. The highest BCUT2D eigenvalue weighted by atomic mass is 14.9. The molecule has 1 aromatic carbocycles. The topological polar surface area (TPSA) is 12.0 Å². The van der Waals surface area contributed by atoms with Gasteiger partial charge in [0.2, 0.25) is 0 Å². The lowest BCUT2D eigenvalue weighted by atomic mass is 9.87. The maximum atomic E-state index is 3.79. The predicted octanol–water partition coefficient (Wildman–Crippen LogP) is 3.94. The molecule has 2 bridgehead atoms. The average Bonchev–Trinajstić information content (AvgIpc) is 3.02. The molecular formula is C17H23N. The minimum Gasteiger partial charge on any atom is -0.307 e. The quantitative estimate of drug-likeness (QED) is 0.787. The molecule has 3 rings (SSSR count). The van der Waals surface area contributed by atoms with E-state index in [2.05, 4.69) is 61.6 Å². The molecule has 0 saturated heterocycles. The minimum absolute atomic E-state index is 0.448. The van der Waals surface area contributed by atoms with E-state index < -0.39 is 0 Å². The minimum atomic E-state index is 0.448. The molecule has 0 aromatic heterocycles. The largest absolute Gasteiger partial charge is 0.307 e. The first kappa shape index (κ1) is 12.0. The van der Waals surface area contributed by atoms with Gasteiger partial charge in [0.1, 0.15) is 0 Å². The Morgan fingerprint density at radius 1 is 1.06 bits per heavy atom. The van der Waals surface area contributed by atoms with Crippen LogP contribution in [0.1, 0.15) is 38.3 Å². The van der Waals surface area contributed by atoms with Gasteiger partial charge < -0.3 is 5.32 Å². The predicted molar refractivity (Wildman–Crippen MR) is 76.3 cm³/mol. The van der Waals surface area contributed by atoms with Crippen LogP contribution in [0, 0.1) is 17.8 Å². The van der Waals surface area contributed by atoms with Gasteiger partial charge >= 0.3 is 0 Å². The Hall–Kier alpha value is -1.08. The van der Waals surface area contributed by atoms with Gasteiger partial charge in [0.05, 0.1) is 0 Å². The van der Waals surface area contributed by atoms with Crippen LogP contribution < -0.4 is 5.32 Å². The third-order valence-electron chi connectivity index (χ3n) is 4.78. The van der Waals surface area contributed by atoms with Crippen LogP contribution in [-0.4, -0.2) is 6.04 Å². The van der Waals surface area contributed by atoms with Crippen molar-refractivity contribution in [2.75, 3.05) is 0 Å². The standard InChI is InChI=1S/C17H23N/c1-12(15-6-4-3-5-7-15)18-13(2)17-11-14-8-9-16(17)10-14/h3-9,12-14,16-18H,10-11H2,1-2H3/t12-,13?,14?,16?,17?/m1/s1. The maximum Gasteiger partial charge on any atom is 0.0294 e. The normalized spacial score (nSPS) is 32.7. The molecule has 0 spiro atoms. The van der Waals surface area contributed by atoms with E-state index in [1.54, 1.807) is 0 Å². The van der Waals surface area contributed by atoms with Crippen molar-refractivity contribution in [3.8, 4) is 0 Å². The van der Waals surface area contributed by atoms with Crippen LogP contribution in [0.15, 0.2) is 42.5 Å². The van der Waals surface area contributed by atoms with Gasteiger partial charge in [-0.05, 0) is 50.0 Å². The van der Waals surface area contributed by atoms with Crippen LogP contribution in [0.2, 0.25) is 0 Å². The monoisotopic (exact) mass is 241 g/mol. The molecule has 0 radical (unpaired) electrons. The van der Waals surface area contributed by atoms with Crippen LogP contribution in [0.4, 0.5) is 0 Å². The molecule has 5 atom stereocenters. The first-order valence-electron chi connectivity index (χ1n) is 7.23. The Kier molecular flexibility index (Phi) is 3.25. The van der Waals surface area contributed by atoms with Gasteiger partial charge in [0.15, 0.2) is 0 Å². The van der Waals surface area contributed by atoms with Crippen molar-refractivity contribution in [3.63, 3.8) is 0 Å². The first-order valence-corrected chi connectivity index (χ1v) is 7.23. The van der Waals surface area contributed by atoms with Gasteiger partial charge in [-0.1, -0.05) is 42.5 Å². The molecule has 1 saturated carbocycles. The molecular weight excluding hydrogens is 218 g/mol. The van der Waals surface area contributed by atoms with Crippen LogP contribution in [0.25, 0.3) is 0 Å². The summed E-state index contributed by atoms with van der Waals surface area (Å²) in [5.41, 5.74) is 1.39. The van der Waals surface area contributed by atoms with E-state index in [9.17, 15) is 0 Å². The van der Waals surface area contributed by atoms with Crippen molar-refractivity contribution in [2.45, 2.75) is 38.8 Å². The summed E-state index contributed by atoms with van der Waals surface area (Å²) >= 11 is 0. The Morgan fingerprint density at radius 2 is 1.83 bits per heavy atom. The second-order valence-electron chi connectivity index (χ2n) is 6.03. The fraction of sp³-hybridized carbons (Fsp3) is 0.529. The summed E-state index contributed by atoms with van der Waals surface area (Å²) in [5, 5.41) is 3.79. The molecule has 2 aliphatic carbocycles. The third-order valence-corrected chi connectivity index (χ3v) is 4.78. The van der Waals surface area contributed by atoms with Crippen LogP contribution in [0.5, 0.6) is 0 Å². The number of hydrogen-bond donors (Lipinski definition) is 1. The Balaban J connectivity index is 1.61. The summed E-state index contributed by atoms with van der Waals surface area (Å²) in [6.07, 6.45) is 7.66. The summed E-state index contributed by atoms with van der Waals surface area (Å²) in [7, 11) is 0. The van der Waals surface area contributed by atoms with E-state index in [0.717, 1.165) is 17.8 Å². The molecule has 0 aliphatic heterocycles. The van der Waals surface area contributed by atoms with E-state index in [4.69, 9.17) is 0 Å². The van der Waals surface area contributed by atoms with E-state index in [0.29, 0.717) is 12.1 Å². The number of hydrogen-bond acceptors (Lipinski definition) is 1. The van der Waals surface area contributed by atoms with Crippen molar-refractivity contribution in [1.82, 2.24) is 5.32 Å². The molecule has 0 heterocycles. The lowest BCUT2D eigenvalue weighted by Gasteiger charge is -2.29. The zero-order valence-electron chi connectivity index (χ0n) is 11.3. The average molecular weight is 241 g/mol. The highest BCUT2D eigenvalue weighted by molar-refractivity contribution is 5.19. The molecule has 1 N–H and O–H groups in total. The Morgan fingerprint density at radius 3 is 2.44 bits per heavy atom. The summed E-state index contributed by atoms with van der Waals surface area (Å²) in [5.74, 6) is 2.54. The van der Waals surface area contributed by atoms with Gasteiger partial charge in [0, 0.05) is 12.1 Å². The molecule has 1 fully saturated rings. The van der Waals surface area contributed by atoms with Gasteiger partial charge in [-0.2, -0.15) is 0 Å². The number of fused-ring (bicyclic) bond motifs is 2. The summed E-state index contributed by atoms with van der Waals surface area (Å²) in [6, 6.07) is 11.8. The van der Waals surface area contributed by atoms with Crippen molar-refractivity contribution in [1.29, 1.82) is 0 Å². The summed E-state index contributed by atoms with van der Waals surface area (Å²) < 4.78 is 0. The SMILES string of the molecule is CC(N[C@H](C)c1ccccc1)C1CC2C=CC1C2. The zero-order chi connectivity index (χ0) is 12.5. The number of rotatable bonds is 4. The number of allylic oxidation sites excluding steroid dienone is 2. The smallest absolute Gasteiger partial charge is 0.0294 e. The van der Waals surface area contributed by atoms with Crippen LogP contribution >= 0.6 is 0 Å². The number of nitrogens with one attached hydrogen (secondary N) is 1. The first-order chi connectivity index (χ1) is 8.74. The lowest BCUT2D eigenvalue weighted by molar-refractivity contribution is 0.307. The zero-order valence-corrected chi connectivity index (χ0v) is 11.3. The highest BCUT2D eigenvalue weighted by Crippen LogP contribution is 2.45. The maximum absolute atomic E-state index is 3.79.